The molecule has 4 aromatic rings. The summed E-state index contributed by atoms with van der Waals surface area (Å²) < 4.78 is 1.38. The lowest BCUT2D eigenvalue weighted by atomic mass is 9.96. The number of ketones is 2. The van der Waals surface area contributed by atoms with Gasteiger partial charge in [-0.2, -0.15) is 0 Å². The molecule has 4 rings (SSSR count). The van der Waals surface area contributed by atoms with Gasteiger partial charge in [0.2, 0.25) is 5.78 Å². The number of allylic oxidation sites excluding steroid dienone is 1. The number of nitrogens with zero attached hydrogens (tertiary/aromatic N) is 2. The number of carbonyl (C=O) groups excluding carboxylic acids is 2. The van der Waals surface area contributed by atoms with Gasteiger partial charge in [-0.25, -0.2) is 0 Å². The minimum atomic E-state index is -0.817. The molecule has 0 fully saturated rings. The van der Waals surface area contributed by atoms with Gasteiger partial charge >= 0.3 is 0 Å². The average Bonchev–Trinajstić information content (AvgIpc) is 2.83. The van der Waals surface area contributed by atoms with E-state index < -0.39 is 28.4 Å². The topological polar surface area (TPSA) is 79.6 Å². The Kier molecular flexibility index (Phi) is 6.15. The van der Waals surface area contributed by atoms with Crippen molar-refractivity contribution in [3.63, 3.8) is 0 Å². The highest BCUT2D eigenvalue weighted by Crippen LogP contribution is 2.30. The number of carbonyl (C=O) groups is 2. The Labute approximate surface area is 197 Å². The number of anilines is 1. The second-order valence-corrected chi connectivity index (χ2v) is 8.15. The Hall–Kier alpha value is -4.45. The smallest absolute Gasteiger partial charge is 0.270 e. The first-order chi connectivity index (χ1) is 16.3. The highest BCUT2D eigenvalue weighted by molar-refractivity contribution is 6.29. The maximum atomic E-state index is 13.6. The number of hydrogen-bond acceptors (Lipinski definition) is 5. The van der Waals surface area contributed by atoms with E-state index in [4.69, 9.17) is 0 Å². The zero-order chi connectivity index (χ0) is 24.4. The molecule has 0 amide bonds. The molecule has 0 aliphatic heterocycles. The molecule has 0 aliphatic carbocycles. The maximum absolute atomic E-state index is 13.6. The summed E-state index contributed by atoms with van der Waals surface area (Å²) in [5.74, 6) is -1.75. The van der Waals surface area contributed by atoms with Crippen LogP contribution in [0.1, 0.15) is 22.8 Å². The summed E-state index contributed by atoms with van der Waals surface area (Å²) in [6.45, 7) is 1.27. The van der Waals surface area contributed by atoms with Gasteiger partial charge in [0.05, 0.1) is 11.1 Å². The van der Waals surface area contributed by atoms with Crippen LogP contribution in [0.2, 0.25) is 0 Å². The molecule has 0 spiro atoms. The zero-order valence-electron chi connectivity index (χ0n) is 19.1. The van der Waals surface area contributed by atoms with Crippen LogP contribution < -0.4 is 10.5 Å². The SMILES string of the molecule is CC(=O)C(=Cc1ccc(N(C)C)cc1)C(=O)c1c(O)c2ccccc2n(-c2ccccc2)c1=O. The standard InChI is InChI=1S/C28H24N2O4/c1-18(31)23(17-19-13-15-20(16-14-19)29(2)3)27(33)25-26(32)22-11-7-8-12-24(22)30(28(25)34)21-9-5-4-6-10-21/h4-17,32H,1-3H3. The number of aromatic nitrogens is 1. The lowest BCUT2D eigenvalue weighted by molar-refractivity contribution is -0.113. The van der Waals surface area contributed by atoms with Crippen LogP contribution in [-0.4, -0.2) is 35.3 Å². The highest BCUT2D eigenvalue weighted by atomic mass is 16.3. The zero-order valence-corrected chi connectivity index (χ0v) is 19.1. The Morgan fingerprint density at radius 1 is 0.882 bits per heavy atom. The number of Topliss-reactive ketones (excluding diaryl/α,β-unsaturated/α-hetero) is 2. The molecule has 1 aromatic heterocycles. The molecule has 0 atom stereocenters. The molecule has 0 radical (unpaired) electrons. The van der Waals surface area contributed by atoms with Crippen molar-refractivity contribution in [1.82, 2.24) is 4.57 Å². The highest BCUT2D eigenvalue weighted by Gasteiger charge is 2.27. The van der Waals surface area contributed by atoms with E-state index >= 15 is 0 Å². The van der Waals surface area contributed by atoms with Crippen LogP contribution in [0.5, 0.6) is 5.75 Å². The molecule has 0 saturated heterocycles. The van der Waals surface area contributed by atoms with Gasteiger partial charge in [0.1, 0.15) is 11.3 Å². The maximum Gasteiger partial charge on any atom is 0.270 e. The van der Waals surface area contributed by atoms with E-state index in [1.807, 2.05) is 37.2 Å². The molecule has 0 aliphatic rings. The van der Waals surface area contributed by atoms with Gasteiger partial charge in [0.25, 0.3) is 5.56 Å². The van der Waals surface area contributed by atoms with Crippen molar-refractivity contribution < 1.29 is 14.7 Å². The monoisotopic (exact) mass is 452 g/mol. The fourth-order valence-corrected chi connectivity index (χ4v) is 3.86. The number of hydrogen-bond donors (Lipinski definition) is 1. The Morgan fingerprint density at radius 2 is 1.50 bits per heavy atom. The summed E-state index contributed by atoms with van der Waals surface area (Å²) in [7, 11) is 3.82. The summed E-state index contributed by atoms with van der Waals surface area (Å²) in [4.78, 5) is 41.6. The first-order valence-corrected chi connectivity index (χ1v) is 10.8. The van der Waals surface area contributed by atoms with Crippen LogP contribution in [0, 0.1) is 0 Å². The third-order valence-corrected chi connectivity index (χ3v) is 5.64. The van der Waals surface area contributed by atoms with Crippen LogP contribution in [0.3, 0.4) is 0 Å². The lowest BCUT2D eigenvalue weighted by Gasteiger charge is -2.15. The second kappa shape index (κ2) is 9.19. The van der Waals surface area contributed by atoms with Crippen molar-refractivity contribution in [2.45, 2.75) is 6.92 Å². The van der Waals surface area contributed by atoms with Crippen LogP contribution in [0.4, 0.5) is 5.69 Å². The molecule has 0 bridgehead atoms. The normalized spacial score (nSPS) is 11.4. The van der Waals surface area contributed by atoms with Crippen LogP contribution in [-0.2, 0) is 4.79 Å². The quantitative estimate of drug-likeness (QED) is 0.200. The van der Waals surface area contributed by atoms with Gasteiger partial charge in [-0.15, -0.1) is 0 Å². The summed E-state index contributed by atoms with van der Waals surface area (Å²) in [6, 6.07) is 23.0. The fraction of sp³-hybridized carbons (Fsp3) is 0.107. The van der Waals surface area contributed by atoms with E-state index in [0.29, 0.717) is 22.2 Å². The molecule has 0 saturated carbocycles. The van der Waals surface area contributed by atoms with Crippen molar-refractivity contribution in [2.24, 2.45) is 0 Å². The molecule has 1 heterocycles. The number of rotatable bonds is 6. The predicted molar refractivity (Wildman–Crippen MR) is 135 cm³/mol. The van der Waals surface area contributed by atoms with E-state index in [-0.39, 0.29) is 5.57 Å². The molecule has 6 nitrogen and oxygen atoms in total. The molecular weight excluding hydrogens is 428 g/mol. The third kappa shape index (κ3) is 4.13. The van der Waals surface area contributed by atoms with E-state index in [1.54, 1.807) is 60.7 Å². The molecular formula is C28H24N2O4. The van der Waals surface area contributed by atoms with E-state index in [2.05, 4.69) is 0 Å². The lowest BCUT2D eigenvalue weighted by Crippen LogP contribution is -2.27. The first-order valence-electron chi connectivity index (χ1n) is 10.8. The molecule has 0 unspecified atom stereocenters. The number of pyridine rings is 1. The molecule has 6 heteroatoms. The van der Waals surface area contributed by atoms with Crippen molar-refractivity contribution >= 4 is 34.2 Å². The van der Waals surface area contributed by atoms with Crippen molar-refractivity contribution in [3.05, 3.63) is 106 Å². The number of aromatic hydroxyl groups is 1. The van der Waals surface area contributed by atoms with Crippen LogP contribution in [0.15, 0.2) is 89.2 Å². The minimum absolute atomic E-state index is 0.181. The van der Waals surface area contributed by atoms with E-state index in [0.717, 1.165) is 5.69 Å². The number of benzene rings is 3. The minimum Gasteiger partial charge on any atom is -0.506 e. The third-order valence-electron chi connectivity index (χ3n) is 5.64. The molecule has 3 aromatic carbocycles. The van der Waals surface area contributed by atoms with Crippen LogP contribution in [0.25, 0.3) is 22.7 Å². The van der Waals surface area contributed by atoms with Gasteiger partial charge in [-0.1, -0.05) is 42.5 Å². The fourth-order valence-electron chi connectivity index (χ4n) is 3.86. The van der Waals surface area contributed by atoms with Gasteiger partial charge in [-0.05, 0) is 55.0 Å². The predicted octanol–water partition coefficient (Wildman–Crippen LogP) is 4.62. The van der Waals surface area contributed by atoms with Gasteiger partial charge in [0, 0.05) is 30.9 Å². The number of fused-ring (bicyclic) bond motifs is 1. The Balaban J connectivity index is 1.94. The Morgan fingerprint density at radius 3 is 2.12 bits per heavy atom. The molecule has 170 valence electrons. The van der Waals surface area contributed by atoms with Gasteiger partial charge in [0.15, 0.2) is 5.78 Å². The van der Waals surface area contributed by atoms with Crippen molar-refractivity contribution in [1.29, 1.82) is 0 Å². The van der Waals surface area contributed by atoms with Gasteiger partial charge < -0.3 is 10.0 Å². The molecule has 1 N–H and O–H groups in total. The van der Waals surface area contributed by atoms with E-state index in [1.165, 1.54) is 17.6 Å². The number of para-hydroxylation sites is 2. The first kappa shape index (κ1) is 22.7. The summed E-state index contributed by atoms with van der Waals surface area (Å²) in [6.07, 6.45) is 1.45. The average molecular weight is 453 g/mol. The van der Waals surface area contributed by atoms with E-state index in [9.17, 15) is 19.5 Å². The molecule has 34 heavy (non-hydrogen) atoms. The summed E-state index contributed by atoms with van der Waals surface area (Å²) in [5, 5.41) is 11.3. The van der Waals surface area contributed by atoms with Crippen molar-refractivity contribution in [2.75, 3.05) is 19.0 Å². The van der Waals surface area contributed by atoms with Gasteiger partial charge in [-0.3, -0.25) is 19.0 Å². The summed E-state index contributed by atoms with van der Waals surface area (Å²) >= 11 is 0. The van der Waals surface area contributed by atoms with Crippen molar-refractivity contribution in [3.8, 4) is 11.4 Å². The second-order valence-electron chi connectivity index (χ2n) is 8.15. The van der Waals surface area contributed by atoms with Crippen LogP contribution >= 0.6 is 0 Å². The largest absolute Gasteiger partial charge is 0.506 e. The Bertz CT molecular complexity index is 1480. The summed E-state index contributed by atoms with van der Waals surface area (Å²) in [5.41, 5.74) is 1.29.